The molecule has 9 heteroatoms. The maximum Gasteiger partial charge on any atom is 0.273 e. The van der Waals surface area contributed by atoms with Gasteiger partial charge in [0, 0.05) is 31.4 Å². The molecular formula is C24H26BrN3O5. The van der Waals surface area contributed by atoms with E-state index < -0.39 is 6.04 Å². The Hall–Kier alpha value is -3.04. The lowest BCUT2D eigenvalue weighted by molar-refractivity contribution is 0.0723. The summed E-state index contributed by atoms with van der Waals surface area (Å²) in [6, 6.07) is 6.75. The molecule has 1 amide bonds. The normalized spacial score (nSPS) is 15.2. The summed E-state index contributed by atoms with van der Waals surface area (Å²) in [4.78, 5) is 15.2. The summed E-state index contributed by atoms with van der Waals surface area (Å²) in [5, 5.41) is 28.5. The van der Waals surface area contributed by atoms with Gasteiger partial charge in [0.05, 0.1) is 17.6 Å². The second kappa shape index (κ2) is 9.07. The van der Waals surface area contributed by atoms with Crippen LogP contribution in [-0.4, -0.2) is 58.6 Å². The fourth-order valence-electron chi connectivity index (χ4n) is 4.41. The van der Waals surface area contributed by atoms with Crippen LogP contribution in [0.5, 0.6) is 17.2 Å². The predicted molar refractivity (Wildman–Crippen MR) is 127 cm³/mol. The van der Waals surface area contributed by atoms with Crippen LogP contribution in [0.25, 0.3) is 11.3 Å². The largest absolute Gasteiger partial charge is 0.507 e. The van der Waals surface area contributed by atoms with Crippen LogP contribution in [-0.2, 0) is 4.74 Å². The average molecular weight is 516 g/mol. The SMILES string of the molecule is COCCCN1C(=O)c2[nH]nc(-c3cc(C)cc(C)c3O)c2[C@H]1c1cc(Br)c(O)c(OC)c1. The number of hydrogen-bond donors (Lipinski definition) is 3. The van der Waals surface area contributed by atoms with E-state index in [1.54, 1.807) is 24.1 Å². The molecule has 3 N–H and O–H groups in total. The molecule has 2 heterocycles. The summed E-state index contributed by atoms with van der Waals surface area (Å²) in [5.74, 6) is 0.216. The van der Waals surface area contributed by atoms with Crippen molar-refractivity contribution in [3.8, 4) is 28.5 Å². The topological polar surface area (TPSA) is 108 Å². The van der Waals surface area contributed by atoms with Gasteiger partial charge in [0.1, 0.15) is 17.1 Å². The Bertz CT molecular complexity index is 1220. The summed E-state index contributed by atoms with van der Waals surface area (Å²) in [6.45, 7) is 4.75. The van der Waals surface area contributed by atoms with Crippen LogP contribution < -0.4 is 4.74 Å². The van der Waals surface area contributed by atoms with Gasteiger partial charge in [0.25, 0.3) is 5.91 Å². The van der Waals surface area contributed by atoms with Gasteiger partial charge in [0.2, 0.25) is 0 Å². The summed E-state index contributed by atoms with van der Waals surface area (Å²) in [5.41, 5.74) is 4.59. The number of benzene rings is 2. The zero-order valence-electron chi connectivity index (χ0n) is 18.9. The summed E-state index contributed by atoms with van der Waals surface area (Å²) in [7, 11) is 3.10. The Kier molecular flexibility index (Phi) is 6.36. The van der Waals surface area contributed by atoms with Crippen LogP contribution in [0.1, 0.15) is 45.2 Å². The quantitative estimate of drug-likeness (QED) is 0.401. The summed E-state index contributed by atoms with van der Waals surface area (Å²) >= 11 is 3.39. The third kappa shape index (κ3) is 3.95. The van der Waals surface area contributed by atoms with Crippen LogP contribution in [0.2, 0.25) is 0 Å². The molecule has 0 radical (unpaired) electrons. The number of aromatic hydroxyl groups is 2. The molecule has 0 spiro atoms. The van der Waals surface area contributed by atoms with E-state index in [1.165, 1.54) is 7.11 Å². The number of amides is 1. The minimum Gasteiger partial charge on any atom is -0.507 e. The van der Waals surface area contributed by atoms with E-state index in [0.717, 1.165) is 16.7 Å². The summed E-state index contributed by atoms with van der Waals surface area (Å²) < 4.78 is 11.0. The Morgan fingerprint density at radius 3 is 2.61 bits per heavy atom. The van der Waals surface area contributed by atoms with Crippen LogP contribution in [0.15, 0.2) is 28.7 Å². The molecule has 0 saturated heterocycles. The second-order valence-corrected chi connectivity index (χ2v) is 8.99. The second-order valence-electron chi connectivity index (χ2n) is 8.14. The highest BCUT2D eigenvalue weighted by Gasteiger charge is 2.42. The van der Waals surface area contributed by atoms with E-state index in [1.807, 2.05) is 26.0 Å². The van der Waals surface area contributed by atoms with Crippen LogP contribution >= 0.6 is 15.9 Å². The molecule has 1 aliphatic heterocycles. The van der Waals surface area contributed by atoms with Gasteiger partial charge in [-0.15, -0.1) is 0 Å². The van der Waals surface area contributed by atoms with Crippen LogP contribution in [0.3, 0.4) is 0 Å². The van der Waals surface area contributed by atoms with Crippen molar-refractivity contribution in [3.63, 3.8) is 0 Å². The number of carbonyl (C=O) groups is 1. The van der Waals surface area contributed by atoms with Gasteiger partial charge in [0.15, 0.2) is 11.5 Å². The molecule has 1 aliphatic rings. The number of methoxy groups -OCH3 is 2. The smallest absolute Gasteiger partial charge is 0.273 e. The Balaban J connectivity index is 1.93. The van der Waals surface area contributed by atoms with E-state index in [9.17, 15) is 15.0 Å². The standard InChI is InChI=1S/C24H26BrN3O5/c1-12-8-13(2)22(29)15(9-12)19-18-20(27-26-19)24(31)28(6-5-7-32-3)21(18)14-10-16(25)23(30)17(11-14)33-4/h8-11,21,29-30H,5-7H2,1-4H3,(H,26,27)/t21-/m1/s1. The van der Waals surface area contributed by atoms with E-state index in [-0.39, 0.29) is 23.2 Å². The minimum atomic E-state index is -0.496. The van der Waals surface area contributed by atoms with Crippen molar-refractivity contribution >= 4 is 21.8 Å². The van der Waals surface area contributed by atoms with Gasteiger partial charge >= 0.3 is 0 Å². The number of carbonyl (C=O) groups excluding carboxylic acids is 1. The highest BCUT2D eigenvalue weighted by Crippen LogP contribution is 2.47. The number of ether oxygens (including phenoxy) is 2. The molecule has 0 bridgehead atoms. The number of hydrogen-bond acceptors (Lipinski definition) is 6. The maximum absolute atomic E-state index is 13.4. The first kappa shape index (κ1) is 23.1. The molecule has 0 fully saturated rings. The van der Waals surface area contributed by atoms with Crippen molar-refractivity contribution in [2.75, 3.05) is 27.4 Å². The Morgan fingerprint density at radius 2 is 1.91 bits per heavy atom. The first-order valence-electron chi connectivity index (χ1n) is 10.5. The molecule has 1 atom stereocenters. The van der Waals surface area contributed by atoms with E-state index in [2.05, 4.69) is 26.1 Å². The van der Waals surface area contributed by atoms with E-state index in [0.29, 0.717) is 46.6 Å². The monoisotopic (exact) mass is 515 g/mol. The number of aromatic nitrogens is 2. The fourth-order valence-corrected chi connectivity index (χ4v) is 4.87. The Labute approximate surface area is 200 Å². The van der Waals surface area contributed by atoms with Gasteiger partial charge in [-0.2, -0.15) is 5.10 Å². The van der Waals surface area contributed by atoms with Crippen molar-refractivity contribution in [2.45, 2.75) is 26.3 Å². The zero-order chi connectivity index (χ0) is 23.9. The maximum atomic E-state index is 13.4. The molecular weight excluding hydrogens is 490 g/mol. The van der Waals surface area contributed by atoms with Crippen molar-refractivity contribution in [2.24, 2.45) is 0 Å². The lowest BCUT2D eigenvalue weighted by Crippen LogP contribution is -2.31. The molecule has 2 aromatic carbocycles. The third-order valence-electron chi connectivity index (χ3n) is 5.90. The molecule has 0 saturated carbocycles. The molecule has 0 unspecified atom stereocenters. The van der Waals surface area contributed by atoms with E-state index in [4.69, 9.17) is 9.47 Å². The fraction of sp³-hybridized carbons (Fsp3) is 0.333. The third-order valence-corrected chi connectivity index (χ3v) is 6.50. The lowest BCUT2D eigenvalue weighted by Gasteiger charge is -2.27. The van der Waals surface area contributed by atoms with Crippen molar-refractivity contribution in [3.05, 3.63) is 56.7 Å². The van der Waals surface area contributed by atoms with Gasteiger partial charge in [-0.25, -0.2) is 0 Å². The van der Waals surface area contributed by atoms with E-state index >= 15 is 0 Å². The average Bonchev–Trinajstić information content (AvgIpc) is 3.32. The highest BCUT2D eigenvalue weighted by molar-refractivity contribution is 9.10. The van der Waals surface area contributed by atoms with Gasteiger partial charge in [-0.1, -0.05) is 6.07 Å². The Morgan fingerprint density at radius 1 is 1.15 bits per heavy atom. The van der Waals surface area contributed by atoms with Gasteiger partial charge < -0.3 is 24.6 Å². The van der Waals surface area contributed by atoms with Crippen LogP contribution in [0.4, 0.5) is 0 Å². The molecule has 1 aromatic heterocycles. The lowest BCUT2D eigenvalue weighted by atomic mass is 9.94. The number of nitrogens with one attached hydrogen (secondary N) is 1. The van der Waals surface area contributed by atoms with Crippen molar-refractivity contribution in [1.82, 2.24) is 15.1 Å². The number of phenols is 2. The number of halogens is 1. The first-order valence-corrected chi connectivity index (χ1v) is 11.3. The number of aromatic amines is 1. The minimum absolute atomic E-state index is 0.0175. The molecule has 3 aromatic rings. The van der Waals surface area contributed by atoms with Crippen LogP contribution in [0, 0.1) is 13.8 Å². The molecule has 33 heavy (non-hydrogen) atoms. The first-order chi connectivity index (χ1) is 15.8. The van der Waals surface area contributed by atoms with Crippen molar-refractivity contribution in [1.29, 1.82) is 0 Å². The number of nitrogens with zero attached hydrogens (tertiary/aromatic N) is 2. The molecule has 8 nitrogen and oxygen atoms in total. The van der Waals surface area contributed by atoms with Gasteiger partial charge in [-0.3, -0.25) is 9.89 Å². The van der Waals surface area contributed by atoms with Gasteiger partial charge in [-0.05, 0) is 71.1 Å². The molecule has 0 aliphatic carbocycles. The number of aryl methyl sites for hydroxylation is 2. The number of fused-ring (bicyclic) bond motifs is 1. The number of phenolic OH excluding ortho intramolecular Hbond substituents is 2. The number of H-pyrrole nitrogens is 1. The molecule has 4 rings (SSSR count). The van der Waals surface area contributed by atoms with Crippen molar-refractivity contribution < 1.29 is 24.5 Å². The zero-order valence-corrected chi connectivity index (χ0v) is 20.5. The number of rotatable bonds is 7. The molecule has 174 valence electrons. The summed E-state index contributed by atoms with van der Waals surface area (Å²) in [6.07, 6.45) is 0.650. The highest BCUT2D eigenvalue weighted by atomic mass is 79.9. The predicted octanol–water partition coefficient (Wildman–Crippen LogP) is 4.46.